The summed E-state index contributed by atoms with van der Waals surface area (Å²) in [5, 5.41) is -0.125. The molecule has 0 bridgehead atoms. The van der Waals surface area contributed by atoms with Crippen LogP contribution in [0.5, 0.6) is 0 Å². The van der Waals surface area contributed by atoms with Gasteiger partial charge < -0.3 is 13.9 Å². The van der Waals surface area contributed by atoms with Crippen molar-refractivity contribution in [2.45, 2.75) is 104 Å². The molecule has 0 aliphatic carbocycles. The lowest BCUT2D eigenvalue weighted by Crippen LogP contribution is -2.51. The average Bonchev–Trinajstić information content (AvgIpc) is 2.37. The molecule has 0 heterocycles. The molecular weight excluding hydrogens is 360 g/mol. The molecule has 0 aromatic carbocycles. The van der Waals surface area contributed by atoms with Crippen LogP contribution in [0.25, 0.3) is 0 Å². The summed E-state index contributed by atoms with van der Waals surface area (Å²) in [6.45, 7) is 24.9. The topological polar surface area (TPSA) is 61.8 Å². The molecule has 0 radical (unpaired) electrons. The van der Waals surface area contributed by atoms with Gasteiger partial charge in [0.2, 0.25) is 0 Å². The molecule has 158 valence electrons. The van der Waals surface area contributed by atoms with E-state index >= 15 is 0 Å². The largest absolute Gasteiger partial charge is 0.460 e. The first-order valence-corrected chi connectivity index (χ1v) is 12.5. The Hall–Kier alpha value is -1.14. The average molecular weight is 401 g/mol. The molecule has 0 fully saturated rings. The van der Waals surface area contributed by atoms with Crippen molar-refractivity contribution in [1.29, 1.82) is 0 Å². The molecule has 0 rings (SSSR count). The van der Waals surface area contributed by atoms with Gasteiger partial charge in [0.15, 0.2) is 14.4 Å². The lowest BCUT2D eigenvalue weighted by atomic mass is 9.98. The highest BCUT2D eigenvalue weighted by Gasteiger charge is 2.46. The Labute approximate surface area is 167 Å². The highest BCUT2D eigenvalue weighted by atomic mass is 28.4. The first-order valence-electron chi connectivity index (χ1n) is 9.55. The van der Waals surface area contributed by atoms with E-state index in [9.17, 15) is 9.59 Å². The number of hydrogen-bond donors (Lipinski definition) is 0. The number of carbonyl (C=O) groups is 2. The molecule has 0 aromatic heterocycles. The minimum absolute atomic E-state index is 0.125. The highest BCUT2D eigenvalue weighted by Crippen LogP contribution is 2.39. The molecule has 2 atom stereocenters. The number of hydrogen-bond acceptors (Lipinski definition) is 5. The zero-order valence-corrected chi connectivity index (χ0v) is 20.2. The highest BCUT2D eigenvalue weighted by molar-refractivity contribution is 6.74. The second-order valence-electron chi connectivity index (χ2n) is 10.5. The van der Waals surface area contributed by atoms with Gasteiger partial charge in [-0.25, -0.2) is 4.79 Å². The van der Waals surface area contributed by atoms with E-state index < -0.39 is 43.5 Å². The smallest absolute Gasteiger partial charge is 0.335 e. The van der Waals surface area contributed by atoms with Crippen molar-refractivity contribution in [1.82, 2.24) is 0 Å². The van der Waals surface area contributed by atoms with E-state index in [0.29, 0.717) is 0 Å². The van der Waals surface area contributed by atoms with Crippen LogP contribution in [-0.4, -0.2) is 37.6 Å². The summed E-state index contributed by atoms with van der Waals surface area (Å²) in [5.41, 5.74) is -1.34. The molecule has 0 unspecified atom stereocenters. The maximum atomic E-state index is 13.0. The van der Waals surface area contributed by atoms with Crippen molar-refractivity contribution in [2.24, 2.45) is 5.92 Å². The summed E-state index contributed by atoms with van der Waals surface area (Å²) in [6, 6.07) is 0. The predicted octanol–water partition coefficient (Wildman–Crippen LogP) is 5.25. The van der Waals surface area contributed by atoms with Crippen molar-refractivity contribution >= 4 is 20.3 Å². The molecule has 0 aliphatic heterocycles. The molecule has 27 heavy (non-hydrogen) atoms. The fraction of sp³-hybridized carbons (Fsp3) is 0.810. The third-order valence-corrected chi connectivity index (χ3v) is 8.82. The Kier molecular flexibility index (Phi) is 8.53. The van der Waals surface area contributed by atoms with Crippen molar-refractivity contribution in [3.8, 4) is 0 Å². The summed E-state index contributed by atoms with van der Waals surface area (Å²) < 4.78 is 17.5. The SMILES string of the molecule is C=CC[C@H](C(=O)OC(C)(C)C)[C@@H](O[Si](C)(C)C(C)(C)C)C(=O)OC(C)(C)C. The fourth-order valence-electron chi connectivity index (χ4n) is 2.05. The minimum atomic E-state index is -2.35. The van der Waals surface area contributed by atoms with Crippen LogP contribution < -0.4 is 0 Å². The number of esters is 2. The molecule has 0 amide bonds. The summed E-state index contributed by atoms with van der Waals surface area (Å²) >= 11 is 0. The summed E-state index contributed by atoms with van der Waals surface area (Å²) in [5.74, 6) is -1.81. The van der Waals surface area contributed by atoms with Crippen LogP contribution in [0.1, 0.15) is 68.7 Å². The van der Waals surface area contributed by atoms with Crippen molar-refractivity contribution in [3.63, 3.8) is 0 Å². The molecule has 5 nitrogen and oxygen atoms in total. The van der Waals surface area contributed by atoms with Gasteiger partial charge in [-0.15, -0.1) is 6.58 Å². The van der Waals surface area contributed by atoms with Gasteiger partial charge in [0, 0.05) is 0 Å². The second-order valence-corrected chi connectivity index (χ2v) is 15.3. The monoisotopic (exact) mass is 400 g/mol. The van der Waals surface area contributed by atoms with Gasteiger partial charge in [-0.2, -0.15) is 0 Å². The standard InChI is InChI=1S/C21H40O5Si/c1-13-14-15(17(22)24-19(2,3)4)16(18(23)25-20(5,6)7)26-27(11,12)21(8,9)10/h13,15-16H,1,14H2,2-12H3/t15-,16+/m0/s1. The van der Waals surface area contributed by atoms with Crippen LogP contribution in [0.3, 0.4) is 0 Å². The first-order chi connectivity index (χ1) is 11.8. The second kappa shape index (κ2) is 8.91. The van der Waals surface area contributed by atoms with Crippen LogP contribution in [0, 0.1) is 5.92 Å². The molecule has 0 aromatic rings. The molecule has 6 heteroatoms. The lowest BCUT2D eigenvalue weighted by molar-refractivity contribution is -0.177. The number of ether oxygens (including phenoxy) is 2. The van der Waals surface area contributed by atoms with Crippen LogP contribution in [-0.2, 0) is 23.5 Å². The Balaban J connectivity index is 5.98. The number of allylic oxidation sites excluding steroid dienone is 1. The van der Waals surface area contributed by atoms with Crippen LogP contribution in [0.15, 0.2) is 12.7 Å². The van der Waals surface area contributed by atoms with Gasteiger partial charge in [-0.05, 0) is 66.1 Å². The van der Waals surface area contributed by atoms with Gasteiger partial charge in [0.05, 0.1) is 5.92 Å². The van der Waals surface area contributed by atoms with Crippen molar-refractivity contribution < 1.29 is 23.5 Å². The van der Waals surface area contributed by atoms with Gasteiger partial charge in [0.1, 0.15) is 11.2 Å². The van der Waals surface area contributed by atoms with Crippen molar-refractivity contribution in [2.75, 3.05) is 0 Å². The molecule has 0 saturated carbocycles. The number of rotatable bonds is 7. The van der Waals surface area contributed by atoms with E-state index in [4.69, 9.17) is 13.9 Å². The quantitative estimate of drug-likeness (QED) is 0.332. The molecular formula is C21H40O5Si. The third kappa shape index (κ3) is 9.06. The summed E-state index contributed by atoms with van der Waals surface area (Å²) in [7, 11) is -2.35. The van der Waals surface area contributed by atoms with E-state index in [2.05, 4.69) is 27.4 Å². The van der Waals surface area contributed by atoms with Gasteiger partial charge in [0.25, 0.3) is 0 Å². The third-order valence-electron chi connectivity index (χ3n) is 4.36. The molecule has 0 spiro atoms. The van der Waals surface area contributed by atoms with E-state index in [0.717, 1.165) is 0 Å². The number of carbonyl (C=O) groups excluding carboxylic acids is 2. The van der Waals surface area contributed by atoms with E-state index in [1.54, 1.807) is 47.6 Å². The minimum Gasteiger partial charge on any atom is -0.460 e. The van der Waals surface area contributed by atoms with Crippen LogP contribution in [0.2, 0.25) is 18.1 Å². The predicted molar refractivity (Wildman–Crippen MR) is 112 cm³/mol. The van der Waals surface area contributed by atoms with Crippen molar-refractivity contribution in [3.05, 3.63) is 12.7 Å². The van der Waals surface area contributed by atoms with Crippen LogP contribution >= 0.6 is 0 Å². The normalized spacial score (nSPS) is 15.7. The molecule has 0 aliphatic rings. The Morgan fingerprint density at radius 1 is 0.889 bits per heavy atom. The zero-order valence-electron chi connectivity index (χ0n) is 19.2. The zero-order chi connectivity index (χ0) is 21.8. The maximum absolute atomic E-state index is 13.0. The lowest BCUT2D eigenvalue weighted by Gasteiger charge is -2.40. The maximum Gasteiger partial charge on any atom is 0.335 e. The fourth-order valence-corrected chi connectivity index (χ4v) is 3.30. The summed E-state index contributed by atoms with van der Waals surface area (Å²) in [6.07, 6.45) is 0.854. The molecule has 0 N–H and O–H groups in total. The van der Waals surface area contributed by atoms with Gasteiger partial charge in [-0.3, -0.25) is 4.79 Å². The van der Waals surface area contributed by atoms with Crippen LogP contribution in [0.4, 0.5) is 0 Å². The van der Waals surface area contributed by atoms with E-state index in [1.807, 2.05) is 13.1 Å². The van der Waals surface area contributed by atoms with Gasteiger partial charge >= 0.3 is 11.9 Å². The molecule has 0 saturated heterocycles. The van der Waals surface area contributed by atoms with E-state index in [-0.39, 0.29) is 11.5 Å². The Morgan fingerprint density at radius 2 is 1.30 bits per heavy atom. The summed E-state index contributed by atoms with van der Waals surface area (Å²) in [4.78, 5) is 25.8. The van der Waals surface area contributed by atoms with Gasteiger partial charge in [-0.1, -0.05) is 26.8 Å². The Bertz CT molecular complexity index is 532. The Morgan fingerprint density at radius 3 is 1.63 bits per heavy atom. The van der Waals surface area contributed by atoms with E-state index in [1.165, 1.54) is 0 Å². The first kappa shape index (κ1) is 25.9.